The van der Waals surface area contributed by atoms with Crippen molar-refractivity contribution < 1.29 is 18.7 Å². The highest BCUT2D eigenvalue weighted by molar-refractivity contribution is 7.17. The Bertz CT molecular complexity index is 1030. The van der Waals surface area contributed by atoms with E-state index in [1.807, 2.05) is 19.1 Å². The van der Waals surface area contributed by atoms with Crippen LogP contribution in [0.3, 0.4) is 0 Å². The molecule has 0 bridgehead atoms. The SMILES string of the molecule is CCOC(=O)c1sc(N(C(=O)c2csc(-c3ccc(C)o3)n2)C2CC2)nc1C. The van der Waals surface area contributed by atoms with E-state index < -0.39 is 5.97 Å². The van der Waals surface area contributed by atoms with Crippen LogP contribution >= 0.6 is 22.7 Å². The summed E-state index contributed by atoms with van der Waals surface area (Å²) in [6.07, 6.45) is 1.82. The van der Waals surface area contributed by atoms with Gasteiger partial charge in [-0.1, -0.05) is 11.3 Å². The molecule has 0 aromatic carbocycles. The standard InChI is InChI=1S/C19H19N3O4S2/c1-4-25-18(24)15-11(3)20-19(28-15)22(12-6-7-12)17(23)13-9-27-16(21-13)14-8-5-10(2)26-14/h5,8-9,12H,4,6-7H2,1-3H3. The molecule has 4 rings (SSSR count). The van der Waals surface area contributed by atoms with Gasteiger partial charge in [0.15, 0.2) is 15.9 Å². The summed E-state index contributed by atoms with van der Waals surface area (Å²) in [6, 6.07) is 3.80. The first-order valence-corrected chi connectivity index (χ1v) is 10.7. The summed E-state index contributed by atoms with van der Waals surface area (Å²) in [5.41, 5.74) is 0.924. The molecule has 9 heteroatoms. The first kappa shape index (κ1) is 18.8. The maximum atomic E-state index is 13.2. The number of thiazole rings is 2. The Balaban J connectivity index is 1.62. The van der Waals surface area contributed by atoms with Crippen LogP contribution in [0.1, 0.15) is 51.4 Å². The molecule has 1 amide bonds. The van der Waals surface area contributed by atoms with Gasteiger partial charge < -0.3 is 9.15 Å². The zero-order chi connectivity index (χ0) is 19.8. The zero-order valence-electron chi connectivity index (χ0n) is 15.7. The Hall–Kier alpha value is -2.52. The molecule has 0 aliphatic heterocycles. The number of rotatable bonds is 6. The van der Waals surface area contributed by atoms with Gasteiger partial charge in [0.05, 0.1) is 12.3 Å². The summed E-state index contributed by atoms with van der Waals surface area (Å²) in [5.74, 6) is 0.824. The topological polar surface area (TPSA) is 85.5 Å². The van der Waals surface area contributed by atoms with Crippen LogP contribution in [0.15, 0.2) is 21.9 Å². The summed E-state index contributed by atoms with van der Waals surface area (Å²) in [7, 11) is 0. The van der Waals surface area contributed by atoms with E-state index in [0.717, 1.165) is 18.6 Å². The minimum atomic E-state index is -0.406. The third-order valence-electron chi connectivity index (χ3n) is 4.26. The van der Waals surface area contributed by atoms with Gasteiger partial charge in [-0.25, -0.2) is 14.8 Å². The van der Waals surface area contributed by atoms with E-state index in [1.165, 1.54) is 22.7 Å². The number of nitrogens with zero attached hydrogens (tertiary/aromatic N) is 3. The quantitative estimate of drug-likeness (QED) is 0.551. The highest BCUT2D eigenvalue weighted by Gasteiger charge is 2.38. The molecule has 1 aliphatic rings. The lowest BCUT2D eigenvalue weighted by Gasteiger charge is -2.17. The van der Waals surface area contributed by atoms with E-state index in [1.54, 1.807) is 24.1 Å². The Morgan fingerprint density at radius 2 is 2.07 bits per heavy atom. The molecule has 0 saturated heterocycles. The molecule has 146 valence electrons. The van der Waals surface area contributed by atoms with E-state index >= 15 is 0 Å². The normalized spacial score (nSPS) is 13.5. The van der Waals surface area contributed by atoms with Crippen LogP contribution < -0.4 is 4.90 Å². The fraction of sp³-hybridized carbons (Fsp3) is 0.368. The number of esters is 1. The lowest BCUT2D eigenvalue weighted by atomic mass is 10.4. The summed E-state index contributed by atoms with van der Waals surface area (Å²) in [4.78, 5) is 36.3. The molecular formula is C19H19N3O4S2. The number of amides is 1. The van der Waals surface area contributed by atoms with E-state index in [2.05, 4.69) is 9.97 Å². The summed E-state index contributed by atoms with van der Waals surface area (Å²) in [6.45, 7) is 5.67. The molecular weight excluding hydrogens is 398 g/mol. The lowest BCUT2D eigenvalue weighted by Crippen LogP contribution is -2.33. The lowest BCUT2D eigenvalue weighted by molar-refractivity contribution is 0.0531. The molecule has 3 heterocycles. The largest absolute Gasteiger partial charge is 0.462 e. The predicted molar refractivity (Wildman–Crippen MR) is 107 cm³/mol. The Morgan fingerprint density at radius 1 is 1.29 bits per heavy atom. The molecule has 7 nitrogen and oxygen atoms in total. The summed E-state index contributed by atoms with van der Waals surface area (Å²) < 4.78 is 10.7. The van der Waals surface area contributed by atoms with Gasteiger partial charge in [0.2, 0.25) is 0 Å². The van der Waals surface area contributed by atoms with Gasteiger partial charge in [-0.2, -0.15) is 0 Å². The first-order chi connectivity index (χ1) is 13.5. The van der Waals surface area contributed by atoms with Crippen LogP contribution in [0, 0.1) is 13.8 Å². The number of hydrogen-bond acceptors (Lipinski definition) is 8. The average Bonchev–Trinajstić information content (AvgIpc) is 3.06. The fourth-order valence-electron chi connectivity index (χ4n) is 2.77. The van der Waals surface area contributed by atoms with Crippen molar-refractivity contribution in [2.45, 2.75) is 39.7 Å². The van der Waals surface area contributed by atoms with Crippen molar-refractivity contribution in [3.05, 3.63) is 39.5 Å². The third-order valence-corrected chi connectivity index (χ3v) is 6.25. The molecule has 3 aromatic rings. The van der Waals surface area contributed by atoms with Gasteiger partial charge in [-0.05, 0) is 45.7 Å². The molecule has 28 heavy (non-hydrogen) atoms. The van der Waals surface area contributed by atoms with E-state index in [-0.39, 0.29) is 11.9 Å². The molecule has 1 aliphatic carbocycles. The number of aromatic nitrogens is 2. The number of aryl methyl sites for hydroxylation is 2. The zero-order valence-corrected chi connectivity index (χ0v) is 17.4. The van der Waals surface area contributed by atoms with Crippen LogP contribution in [-0.4, -0.2) is 34.5 Å². The molecule has 1 fully saturated rings. The monoisotopic (exact) mass is 417 g/mol. The second-order valence-electron chi connectivity index (χ2n) is 6.49. The second kappa shape index (κ2) is 7.48. The highest BCUT2D eigenvalue weighted by atomic mass is 32.1. The molecule has 0 N–H and O–H groups in total. The minimum Gasteiger partial charge on any atom is -0.462 e. The van der Waals surface area contributed by atoms with Gasteiger partial charge in [-0.3, -0.25) is 9.69 Å². The summed E-state index contributed by atoms with van der Waals surface area (Å²) in [5, 5.41) is 2.91. The molecule has 0 spiro atoms. The van der Waals surface area contributed by atoms with Crippen LogP contribution in [-0.2, 0) is 4.74 Å². The van der Waals surface area contributed by atoms with Crippen molar-refractivity contribution >= 4 is 39.7 Å². The van der Waals surface area contributed by atoms with Crippen molar-refractivity contribution in [1.82, 2.24) is 9.97 Å². The van der Waals surface area contributed by atoms with Crippen LogP contribution in [0.2, 0.25) is 0 Å². The van der Waals surface area contributed by atoms with Crippen molar-refractivity contribution in [1.29, 1.82) is 0 Å². The van der Waals surface area contributed by atoms with Crippen molar-refractivity contribution in [3.63, 3.8) is 0 Å². The Morgan fingerprint density at radius 3 is 2.71 bits per heavy atom. The van der Waals surface area contributed by atoms with E-state index in [9.17, 15) is 9.59 Å². The number of hydrogen-bond donors (Lipinski definition) is 0. The smallest absolute Gasteiger partial charge is 0.350 e. The van der Waals surface area contributed by atoms with Crippen LogP contribution in [0.5, 0.6) is 0 Å². The number of furan rings is 1. The van der Waals surface area contributed by atoms with Crippen LogP contribution in [0.4, 0.5) is 5.13 Å². The number of carbonyl (C=O) groups excluding carboxylic acids is 2. The number of anilines is 1. The number of carbonyl (C=O) groups is 2. The minimum absolute atomic E-state index is 0.0871. The maximum Gasteiger partial charge on any atom is 0.350 e. The van der Waals surface area contributed by atoms with E-state index in [4.69, 9.17) is 9.15 Å². The molecule has 3 aromatic heterocycles. The predicted octanol–water partition coefficient (Wildman–Crippen LogP) is 4.46. The van der Waals surface area contributed by atoms with Crippen molar-refractivity contribution in [2.24, 2.45) is 0 Å². The molecule has 0 radical (unpaired) electrons. The maximum absolute atomic E-state index is 13.2. The van der Waals surface area contributed by atoms with Gasteiger partial charge in [0, 0.05) is 11.4 Å². The number of ether oxygens (including phenoxy) is 1. The Kier molecular flexibility index (Phi) is 5.03. The highest BCUT2D eigenvalue weighted by Crippen LogP contribution is 2.37. The van der Waals surface area contributed by atoms with Gasteiger partial charge in [-0.15, -0.1) is 11.3 Å². The molecule has 0 unspecified atom stereocenters. The summed E-state index contributed by atoms with van der Waals surface area (Å²) >= 11 is 2.56. The van der Waals surface area contributed by atoms with Crippen molar-refractivity contribution in [3.8, 4) is 10.8 Å². The van der Waals surface area contributed by atoms with Gasteiger partial charge in [0.1, 0.15) is 16.3 Å². The third kappa shape index (κ3) is 3.59. The molecule has 1 saturated carbocycles. The second-order valence-corrected chi connectivity index (χ2v) is 8.32. The van der Waals surface area contributed by atoms with E-state index in [0.29, 0.717) is 38.8 Å². The molecule has 0 atom stereocenters. The average molecular weight is 418 g/mol. The van der Waals surface area contributed by atoms with Gasteiger partial charge in [0.25, 0.3) is 5.91 Å². The van der Waals surface area contributed by atoms with Gasteiger partial charge >= 0.3 is 5.97 Å². The van der Waals surface area contributed by atoms with Crippen LogP contribution in [0.25, 0.3) is 10.8 Å². The first-order valence-electron chi connectivity index (χ1n) is 8.98. The van der Waals surface area contributed by atoms with Crippen molar-refractivity contribution in [2.75, 3.05) is 11.5 Å². The Labute approximate surface area is 170 Å². The fourth-order valence-corrected chi connectivity index (χ4v) is 4.56.